The van der Waals surface area contributed by atoms with Crippen molar-refractivity contribution in [1.29, 1.82) is 5.41 Å². The van der Waals surface area contributed by atoms with Crippen molar-refractivity contribution in [3.8, 4) is 11.5 Å². The smallest absolute Gasteiger partial charge is 0.298 e. The summed E-state index contributed by atoms with van der Waals surface area (Å²) in [5.74, 6) is 1.31. The number of methoxy groups -OCH3 is 2. The van der Waals surface area contributed by atoms with Crippen LogP contribution in [0.5, 0.6) is 11.5 Å². The summed E-state index contributed by atoms with van der Waals surface area (Å²) in [5, 5.41) is 11.1. The van der Waals surface area contributed by atoms with Crippen molar-refractivity contribution in [3.63, 3.8) is 0 Å². The number of amides is 1. The highest BCUT2D eigenvalue weighted by Gasteiger charge is 2.32. The van der Waals surface area contributed by atoms with Gasteiger partial charge >= 0.3 is 0 Å². The molecule has 0 saturated carbocycles. The maximum absolute atomic E-state index is 12.5. The lowest BCUT2D eigenvalue weighted by atomic mass is 10.1. The molecule has 3 aromatic rings. The third-order valence-corrected chi connectivity index (χ3v) is 6.54. The first-order valence-corrected chi connectivity index (χ1v) is 13.3. The summed E-state index contributed by atoms with van der Waals surface area (Å²) >= 11 is 0. The van der Waals surface area contributed by atoms with Crippen LogP contribution in [-0.2, 0) is 9.53 Å². The molecule has 0 aliphatic carbocycles. The Hall–Kier alpha value is -4.56. The highest BCUT2D eigenvalue weighted by Crippen LogP contribution is 2.36. The van der Waals surface area contributed by atoms with Crippen LogP contribution in [0.3, 0.4) is 0 Å². The Morgan fingerprint density at radius 2 is 1.38 bits per heavy atom. The number of ether oxygens (including phenoxy) is 3. The molecule has 0 atom stereocenters. The van der Waals surface area contributed by atoms with E-state index in [9.17, 15) is 4.79 Å². The minimum atomic E-state index is -0.355. The Balaban J connectivity index is 0.000000546. The topological polar surface area (TPSA) is 87.1 Å². The van der Waals surface area contributed by atoms with E-state index in [1.807, 2.05) is 72.8 Å². The molecule has 0 radical (unpaired) electrons. The molecule has 2 saturated heterocycles. The van der Waals surface area contributed by atoms with Crippen LogP contribution in [0, 0.1) is 5.41 Å². The van der Waals surface area contributed by atoms with Gasteiger partial charge in [-0.1, -0.05) is 24.6 Å². The van der Waals surface area contributed by atoms with Crippen molar-refractivity contribution in [3.05, 3.63) is 96.8 Å². The molecule has 2 fully saturated rings. The molecule has 0 bridgehead atoms. The van der Waals surface area contributed by atoms with E-state index in [4.69, 9.17) is 19.6 Å². The van der Waals surface area contributed by atoms with Crippen LogP contribution in [0.15, 0.2) is 91.2 Å². The van der Waals surface area contributed by atoms with Crippen LogP contribution in [0.2, 0.25) is 0 Å². The summed E-state index contributed by atoms with van der Waals surface area (Å²) in [7, 11) is 3.28. The van der Waals surface area contributed by atoms with Crippen molar-refractivity contribution in [1.82, 2.24) is 10.2 Å². The molecular formula is C32H36N4O4. The molecule has 1 amide bonds. The minimum Gasteiger partial charge on any atom is -0.497 e. The van der Waals surface area contributed by atoms with Gasteiger partial charge in [-0.15, -0.1) is 6.58 Å². The highest BCUT2D eigenvalue weighted by molar-refractivity contribution is 6.10. The number of hydrogen-bond acceptors (Lipinski definition) is 7. The largest absolute Gasteiger partial charge is 0.497 e. The predicted octanol–water partition coefficient (Wildman–Crippen LogP) is 6.25. The summed E-state index contributed by atoms with van der Waals surface area (Å²) in [6.45, 7) is 6.34. The van der Waals surface area contributed by atoms with Crippen LogP contribution < -0.4 is 19.7 Å². The van der Waals surface area contributed by atoms with E-state index >= 15 is 0 Å². The third-order valence-electron chi connectivity index (χ3n) is 6.54. The van der Waals surface area contributed by atoms with Gasteiger partial charge in [0.25, 0.3) is 11.9 Å². The number of hydrogen-bond donors (Lipinski definition) is 2. The number of anilines is 3. The van der Waals surface area contributed by atoms with Crippen LogP contribution in [0.25, 0.3) is 6.08 Å². The average Bonchev–Trinajstić information content (AvgIpc) is 3.27. The van der Waals surface area contributed by atoms with Gasteiger partial charge in [-0.25, -0.2) is 0 Å². The number of benzene rings is 3. The first-order chi connectivity index (χ1) is 19.5. The van der Waals surface area contributed by atoms with E-state index in [0.717, 1.165) is 34.1 Å². The summed E-state index contributed by atoms with van der Waals surface area (Å²) in [4.78, 5) is 15.8. The van der Waals surface area contributed by atoms with Gasteiger partial charge in [-0.2, -0.15) is 0 Å². The highest BCUT2D eigenvalue weighted by atomic mass is 16.5. The molecule has 2 aliphatic rings. The first-order valence-electron chi connectivity index (χ1n) is 13.3. The van der Waals surface area contributed by atoms with Gasteiger partial charge in [0.2, 0.25) is 0 Å². The van der Waals surface area contributed by atoms with Crippen LogP contribution >= 0.6 is 0 Å². The van der Waals surface area contributed by atoms with Gasteiger partial charge in [-0.3, -0.25) is 15.1 Å². The van der Waals surface area contributed by atoms with E-state index in [1.165, 1.54) is 37.3 Å². The van der Waals surface area contributed by atoms with Gasteiger partial charge in [-0.05, 0) is 98.2 Å². The molecule has 0 spiro atoms. The van der Waals surface area contributed by atoms with Gasteiger partial charge in [0, 0.05) is 23.6 Å². The fourth-order valence-corrected chi connectivity index (χ4v) is 4.40. The Kier molecular flexibility index (Phi) is 9.96. The number of nitrogens with zero attached hydrogens (tertiary/aromatic N) is 2. The van der Waals surface area contributed by atoms with E-state index in [2.05, 4.69) is 16.8 Å². The Bertz CT molecular complexity index is 1260. The quantitative estimate of drug-likeness (QED) is 0.259. The maximum Gasteiger partial charge on any atom is 0.298 e. The van der Waals surface area contributed by atoms with Gasteiger partial charge in [0.1, 0.15) is 11.5 Å². The first kappa shape index (κ1) is 28.4. The minimum absolute atomic E-state index is 0.113. The summed E-state index contributed by atoms with van der Waals surface area (Å²) in [6.07, 6.45) is 7.41. The second kappa shape index (κ2) is 14.0. The average molecular weight is 541 g/mol. The standard InChI is InChI=1S/C27H25N3O4.C5H11N/c1-4-17-29-26(31)25(34-27(29)28)18-19-5-7-20(8-6-19)30(21-9-13-23(32-2)14-10-21)22-11-15-24(33-3)16-12-22;1-2-4-6-5-3-1/h4-16,18,28H,1,17H2,2-3H3;6H,1-5H2/b25-18+,28-27?;. The Morgan fingerprint density at radius 3 is 1.77 bits per heavy atom. The Labute approximate surface area is 236 Å². The molecule has 40 heavy (non-hydrogen) atoms. The number of amidine groups is 1. The zero-order valence-electron chi connectivity index (χ0n) is 23.1. The second-order valence-corrected chi connectivity index (χ2v) is 9.25. The zero-order valence-corrected chi connectivity index (χ0v) is 23.1. The fourth-order valence-electron chi connectivity index (χ4n) is 4.40. The summed E-state index contributed by atoms with van der Waals surface area (Å²) < 4.78 is 15.9. The molecule has 2 aliphatic heterocycles. The van der Waals surface area contributed by atoms with Crippen molar-refractivity contribution >= 4 is 35.1 Å². The molecule has 5 rings (SSSR count). The molecule has 2 heterocycles. The van der Waals surface area contributed by atoms with Gasteiger partial charge in [0.15, 0.2) is 5.76 Å². The van der Waals surface area contributed by atoms with E-state index in [-0.39, 0.29) is 24.2 Å². The maximum atomic E-state index is 12.5. The SMILES string of the molecule is C1CCNCC1.C=CCN1C(=N)O/C(=C/c2ccc(N(c3ccc(OC)cc3)c3ccc(OC)cc3)cc2)C1=O. The van der Waals surface area contributed by atoms with E-state index in [0.29, 0.717) is 0 Å². The molecule has 0 aromatic heterocycles. The van der Waals surface area contributed by atoms with Gasteiger partial charge in [0.05, 0.1) is 14.2 Å². The molecule has 2 N–H and O–H groups in total. The van der Waals surface area contributed by atoms with Crippen molar-refractivity contribution < 1.29 is 19.0 Å². The zero-order chi connectivity index (χ0) is 28.3. The normalized spacial score (nSPS) is 15.7. The van der Waals surface area contributed by atoms with Gasteiger partial charge < -0.3 is 24.4 Å². The summed E-state index contributed by atoms with van der Waals surface area (Å²) in [5.41, 5.74) is 3.63. The predicted molar refractivity (Wildman–Crippen MR) is 160 cm³/mol. The third kappa shape index (κ3) is 7.09. The molecule has 0 unspecified atom stereocenters. The van der Waals surface area contributed by atoms with Crippen LogP contribution in [0.1, 0.15) is 24.8 Å². The number of piperidine rings is 1. The van der Waals surface area contributed by atoms with Crippen LogP contribution in [0.4, 0.5) is 17.1 Å². The molecule has 8 heteroatoms. The van der Waals surface area contributed by atoms with Crippen LogP contribution in [-0.4, -0.2) is 50.7 Å². The monoisotopic (exact) mass is 540 g/mol. The lowest BCUT2D eigenvalue weighted by Crippen LogP contribution is -2.29. The van der Waals surface area contributed by atoms with E-state index < -0.39 is 0 Å². The lowest BCUT2D eigenvalue weighted by molar-refractivity contribution is -0.122. The van der Waals surface area contributed by atoms with Crippen molar-refractivity contribution in [2.24, 2.45) is 0 Å². The van der Waals surface area contributed by atoms with Crippen molar-refractivity contribution in [2.45, 2.75) is 19.3 Å². The number of rotatable bonds is 8. The molecule has 3 aromatic carbocycles. The van der Waals surface area contributed by atoms with E-state index in [1.54, 1.807) is 26.4 Å². The fraction of sp³-hybridized carbons (Fsp3) is 0.250. The van der Waals surface area contributed by atoms with Crippen molar-refractivity contribution in [2.75, 3.05) is 38.8 Å². The second-order valence-electron chi connectivity index (χ2n) is 9.25. The number of nitrogens with one attached hydrogen (secondary N) is 2. The summed E-state index contributed by atoms with van der Waals surface area (Å²) in [6, 6.07) is 23.2. The molecular weight excluding hydrogens is 504 g/mol. The molecule has 208 valence electrons. The number of carbonyl (C=O) groups is 1. The lowest BCUT2D eigenvalue weighted by Gasteiger charge is -2.26. The Morgan fingerprint density at radius 1 is 0.875 bits per heavy atom. The molecule has 8 nitrogen and oxygen atoms in total. The number of carbonyl (C=O) groups excluding carboxylic acids is 1.